The third kappa shape index (κ3) is 3.04. The molecule has 0 aliphatic heterocycles. The molecule has 21 heavy (non-hydrogen) atoms. The van der Waals surface area contributed by atoms with Gasteiger partial charge in [0.05, 0.1) is 16.3 Å². The Labute approximate surface area is 137 Å². The normalized spacial score (nSPS) is 13.4. The van der Waals surface area contributed by atoms with Crippen LogP contribution in [0.15, 0.2) is 28.7 Å². The molecule has 106 valence electrons. The Bertz CT molecular complexity index is 737. The van der Waals surface area contributed by atoms with Crippen LogP contribution in [-0.2, 0) is 12.8 Å². The van der Waals surface area contributed by atoms with Crippen LogP contribution in [0.25, 0.3) is 0 Å². The number of anilines is 2. The fourth-order valence-corrected chi connectivity index (χ4v) is 3.06. The van der Waals surface area contributed by atoms with Gasteiger partial charge in [0, 0.05) is 10.2 Å². The summed E-state index contributed by atoms with van der Waals surface area (Å²) in [5.74, 6) is 0.582. The number of nitrogens with zero attached hydrogens (tertiary/aromatic N) is 2. The van der Waals surface area contributed by atoms with Crippen molar-refractivity contribution in [3.8, 4) is 6.07 Å². The number of halogens is 2. The van der Waals surface area contributed by atoms with Gasteiger partial charge in [-0.25, -0.2) is 4.98 Å². The molecule has 3 rings (SSSR count). The minimum absolute atomic E-state index is 0.562. The first-order chi connectivity index (χ1) is 10.2. The summed E-state index contributed by atoms with van der Waals surface area (Å²) in [5.41, 5.74) is 3.59. The van der Waals surface area contributed by atoms with E-state index in [1.54, 1.807) is 6.07 Å². The molecule has 1 aromatic carbocycles. The minimum atomic E-state index is 0.562. The summed E-state index contributed by atoms with van der Waals surface area (Å²) < 4.78 is 0.922. The predicted molar refractivity (Wildman–Crippen MR) is 88.0 cm³/mol. The molecule has 5 heteroatoms. The second-order valence-electron chi connectivity index (χ2n) is 5.06. The van der Waals surface area contributed by atoms with Gasteiger partial charge in [0.15, 0.2) is 0 Å². The second kappa shape index (κ2) is 6.05. The molecule has 1 aromatic heterocycles. The maximum Gasteiger partial charge on any atom is 0.148 e. The van der Waals surface area contributed by atoms with E-state index in [2.05, 4.69) is 32.3 Å². The molecule has 0 saturated carbocycles. The van der Waals surface area contributed by atoms with Crippen molar-refractivity contribution in [3.63, 3.8) is 0 Å². The summed E-state index contributed by atoms with van der Waals surface area (Å²) in [6.45, 7) is 0. The first-order valence-electron chi connectivity index (χ1n) is 6.82. The van der Waals surface area contributed by atoms with Crippen LogP contribution in [0.1, 0.15) is 29.7 Å². The molecule has 0 atom stereocenters. The number of pyridine rings is 1. The van der Waals surface area contributed by atoms with E-state index in [0.29, 0.717) is 16.4 Å². The van der Waals surface area contributed by atoms with Crippen LogP contribution in [0.4, 0.5) is 11.5 Å². The van der Waals surface area contributed by atoms with Crippen molar-refractivity contribution >= 4 is 39.0 Å². The molecule has 0 bridgehead atoms. The van der Waals surface area contributed by atoms with Crippen molar-refractivity contribution in [1.82, 2.24) is 4.98 Å². The average Bonchev–Trinajstić information content (AvgIpc) is 2.50. The van der Waals surface area contributed by atoms with E-state index in [-0.39, 0.29) is 0 Å². The molecule has 3 nitrogen and oxygen atoms in total. The molecule has 1 aliphatic rings. The maximum absolute atomic E-state index is 9.35. The van der Waals surface area contributed by atoms with Gasteiger partial charge in [0.1, 0.15) is 11.9 Å². The summed E-state index contributed by atoms with van der Waals surface area (Å²) in [5, 5.41) is 13.1. The number of aryl methyl sites for hydroxylation is 2. The number of nitrogens with one attached hydrogen (secondary N) is 1. The van der Waals surface area contributed by atoms with Crippen LogP contribution in [0.2, 0.25) is 5.02 Å². The van der Waals surface area contributed by atoms with Gasteiger partial charge >= 0.3 is 0 Å². The van der Waals surface area contributed by atoms with Crippen LogP contribution in [0.3, 0.4) is 0 Å². The fourth-order valence-electron chi connectivity index (χ4n) is 2.54. The highest BCUT2D eigenvalue weighted by atomic mass is 79.9. The van der Waals surface area contributed by atoms with E-state index in [0.717, 1.165) is 35.1 Å². The average molecular weight is 363 g/mol. The van der Waals surface area contributed by atoms with E-state index < -0.39 is 0 Å². The van der Waals surface area contributed by atoms with Crippen LogP contribution in [-0.4, -0.2) is 4.98 Å². The molecule has 0 radical (unpaired) electrons. The summed E-state index contributed by atoms with van der Waals surface area (Å²) in [6.07, 6.45) is 4.31. The van der Waals surface area contributed by atoms with Gasteiger partial charge in [0.25, 0.3) is 0 Å². The van der Waals surface area contributed by atoms with Crippen LogP contribution >= 0.6 is 27.5 Å². The minimum Gasteiger partial charge on any atom is -0.338 e. The van der Waals surface area contributed by atoms with Crippen LogP contribution in [0.5, 0.6) is 0 Å². The number of nitriles is 1. The quantitative estimate of drug-likeness (QED) is 0.818. The fraction of sp³-hybridized carbons (Fsp3) is 0.250. The predicted octanol–water partition coefficient (Wildman–Crippen LogP) is 4.99. The summed E-state index contributed by atoms with van der Waals surface area (Å²) >= 11 is 9.61. The van der Waals surface area contributed by atoms with Crippen LogP contribution in [0, 0.1) is 11.3 Å². The van der Waals surface area contributed by atoms with E-state index >= 15 is 0 Å². The zero-order valence-electron chi connectivity index (χ0n) is 11.3. The van der Waals surface area contributed by atoms with Crippen molar-refractivity contribution < 1.29 is 0 Å². The summed E-state index contributed by atoms with van der Waals surface area (Å²) in [4.78, 5) is 4.64. The van der Waals surface area contributed by atoms with Crippen molar-refractivity contribution in [2.24, 2.45) is 0 Å². The zero-order chi connectivity index (χ0) is 14.8. The Morgan fingerprint density at radius 1 is 1.24 bits per heavy atom. The smallest absolute Gasteiger partial charge is 0.148 e. The Balaban J connectivity index is 2.02. The molecule has 0 amide bonds. The van der Waals surface area contributed by atoms with E-state index in [1.165, 1.54) is 12.0 Å². The molecule has 0 unspecified atom stereocenters. The third-order valence-electron chi connectivity index (χ3n) is 3.60. The monoisotopic (exact) mass is 361 g/mol. The molecule has 2 aromatic rings. The van der Waals surface area contributed by atoms with Crippen molar-refractivity contribution in [2.45, 2.75) is 25.7 Å². The Kier molecular flexibility index (Phi) is 4.14. The number of hydrogen-bond donors (Lipinski definition) is 1. The molecule has 1 heterocycles. The SMILES string of the molecule is N#Cc1cc2c(nc1Nc1cc(Br)ccc1Cl)CCCC2. The largest absolute Gasteiger partial charge is 0.338 e. The molecule has 0 fully saturated rings. The highest BCUT2D eigenvalue weighted by Gasteiger charge is 2.15. The lowest BCUT2D eigenvalue weighted by molar-refractivity contribution is 0.668. The van der Waals surface area contributed by atoms with E-state index in [9.17, 15) is 5.26 Å². The second-order valence-corrected chi connectivity index (χ2v) is 6.38. The number of hydrogen-bond acceptors (Lipinski definition) is 3. The van der Waals surface area contributed by atoms with Gasteiger partial charge in [-0.3, -0.25) is 0 Å². The molecule has 1 aliphatic carbocycles. The maximum atomic E-state index is 9.35. The highest BCUT2D eigenvalue weighted by Crippen LogP contribution is 2.31. The lowest BCUT2D eigenvalue weighted by Crippen LogP contribution is -2.09. The zero-order valence-corrected chi connectivity index (χ0v) is 13.6. The topological polar surface area (TPSA) is 48.7 Å². The third-order valence-corrected chi connectivity index (χ3v) is 4.43. The summed E-state index contributed by atoms with van der Waals surface area (Å²) in [6, 6.07) is 9.73. The number of benzene rings is 1. The number of aromatic nitrogens is 1. The van der Waals surface area contributed by atoms with Crippen LogP contribution < -0.4 is 5.32 Å². The van der Waals surface area contributed by atoms with Gasteiger partial charge in [-0.15, -0.1) is 0 Å². The van der Waals surface area contributed by atoms with Crippen molar-refractivity contribution in [3.05, 3.63) is 50.6 Å². The first-order valence-corrected chi connectivity index (χ1v) is 7.99. The molecule has 0 saturated heterocycles. The van der Waals surface area contributed by atoms with E-state index in [1.807, 2.05) is 18.2 Å². The number of rotatable bonds is 2. The van der Waals surface area contributed by atoms with Gasteiger partial charge in [-0.2, -0.15) is 5.26 Å². The van der Waals surface area contributed by atoms with Gasteiger partial charge < -0.3 is 5.32 Å². The van der Waals surface area contributed by atoms with Gasteiger partial charge in [0.2, 0.25) is 0 Å². The lowest BCUT2D eigenvalue weighted by Gasteiger charge is -2.17. The highest BCUT2D eigenvalue weighted by molar-refractivity contribution is 9.10. The Hall–Kier alpha value is -1.57. The Morgan fingerprint density at radius 2 is 2.05 bits per heavy atom. The summed E-state index contributed by atoms with van der Waals surface area (Å²) in [7, 11) is 0. The molecule has 0 spiro atoms. The molecule has 1 N–H and O–H groups in total. The Morgan fingerprint density at radius 3 is 2.86 bits per heavy atom. The van der Waals surface area contributed by atoms with Crippen molar-refractivity contribution in [1.29, 1.82) is 5.26 Å². The first kappa shape index (κ1) is 14.4. The number of fused-ring (bicyclic) bond motifs is 1. The van der Waals surface area contributed by atoms with Gasteiger partial charge in [-0.1, -0.05) is 27.5 Å². The van der Waals surface area contributed by atoms with Gasteiger partial charge in [-0.05, 0) is 55.5 Å². The van der Waals surface area contributed by atoms with E-state index in [4.69, 9.17) is 11.6 Å². The lowest BCUT2D eigenvalue weighted by atomic mass is 9.95. The van der Waals surface area contributed by atoms with Crippen molar-refractivity contribution in [2.75, 3.05) is 5.32 Å². The standard InChI is InChI=1S/C16H13BrClN3/c17-12-5-6-13(18)15(8-12)21-16-11(9-19)7-10-3-1-2-4-14(10)20-16/h5-8H,1-4H2,(H,20,21). The molecular weight excluding hydrogens is 350 g/mol. The molecular formula is C16H13BrClN3.